The van der Waals surface area contributed by atoms with Crippen molar-refractivity contribution in [2.75, 3.05) is 7.11 Å². The summed E-state index contributed by atoms with van der Waals surface area (Å²) in [6.07, 6.45) is 5.12. The van der Waals surface area contributed by atoms with E-state index in [4.69, 9.17) is 4.74 Å². The van der Waals surface area contributed by atoms with Gasteiger partial charge >= 0.3 is 0 Å². The third-order valence-electron chi connectivity index (χ3n) is 3.66. The van der Waals surface area contributed by atoms with Crippen LogP contribution in [0, 0.1) is 6.92 Å². The largest absolute Gasteiger partial charge is 0.497 e. The van der Waals surface area contributed by atoms with Gasteiger partial charge in [-0.05, 0) is 49.4 Å². The Hall–Kier alpha value is -3.41. The van der Waals surface area contributed by atoms with E-state index < -0.39 is 0 Å². The van der Waals surface area contributed by atoms with Crippen LogP contribution in [0.5, 0.6) is 5.75 Å². The number of nitrogens with zero attached hydrogens (tertiary/aromatic N) is 3. The first-order valence-corrected chi connectivity index (χ1v) is 7.75. The van der Waals surface area contributed by atoms with E-state index in [1.165, 1.54) is 0 Å². The molecule has 25 heavy (non-hydrogen) atoms. The van der Waals surface area contributed by atoms with E-state index in [9.17, 15) is 4.79 Å². The van der Waals surface area contributed by atoms with E-state index in [1.54, 1.807) is 37.7 Å². The van der Waals surface area contributed by atoms with Gasteiger partial charge < -0.3 is 9.30 Å². The van der Waals surface area contributed by atoms with Gasteiger partial charge in [0.2, 0.25) is 0 Å². The number of ether oxygens (including phenoxy) is 1. The second-order valence-corrected chi connectivity index (χ2v) is 5.40. The number of methoxy groups -OCH3 is 1. The van der Waals surface area contributed by atoms with E-state index in [-0.39, 0.29) is 5.91 Å². The maximum Gasteiger partial charge on any atom is 0.289 e. The molecule has 0 bridgehead atoms. The minimum atomic E-state index is -0.344. The summed E-state index contributed by atoms with van der Waals surface area (Å²) in [6.45, 7) is 2.01. The number of amides is 1. The highest BCUT2D eigenvalue weighted by molar-refractivity contribution is 5.93. The topological polar surface area (TPSA) is 68.5 Å². The van der Waals surface area contributed by atoms with Crippen LogP contribution in [0.4, 0.5) is 0 Å². The van der Waals surface area contributed by atoms with Crippen LogP contribution >= 0.6 is 0 Å². The van der Waals surface area contributed by atoms with Crippen LogP contribution in [-0.4, -0.2) is 28.8 Å². The Labute approximate surface area is 145 Å². The van der Waals surface area contributed by atoms with Gasteiger partial charge in [0.05, 0.1) is 13.3 Å². The molecule has 2 aromatic heterocycles. The lowest BCUT2D eigenvalue weighted by Gasteiger charge is -2.06. The number of rotatable bonds is 5. The van der Waals surface area contributed by atoms with Crippen LogP contribution in [0.2, 0.25) is 0 Å². The van der Waals surface area contributed by atoms with Gasteiger partial charge in [0, 0.05) is 29.3 Å². The van der Waals surface area contributed by atoms with Crippen LogP contribution in [0.25, 0.3) is 5.69 Å². The minimum Gasteiger partial charge on any atom is -0.497 e. The number of nitrogens with one attached hydrogen (secondary N) is 1. The summed E-state index contributed by atoms with van der Waals surface area (Å²) in [5.74, 6) is 0.468. The summed E-state index contributed by atoms with van der Waals surface area (Å²) < 4.78 is 7.22. The Balaban J connectivity index is 1.70. The number of hydrogen-bond donors (Lipinski definition) is 1. The number of hydrazone groups is 1. The fourth-order valence-electron chi connectivity index (χ4n) is 2.41. The molecule has 0 spiro atoms. The third-order valence-corrected chi connectivity index (χ3v) is 3.66. The predicted molar refractivity (Wildman–Crippen MR) is 96.4 cm³/mol. The van der Waals surface area contributed by atoms with Crippen molar-refractivity contribution in [1.82, 2.24) is 15.0 Å². The summed E-state index contributed by atoms with van der Waals surface area (Å²) >= 11 is 0. The molecule has 0 aliphatic carbocycles. The lowest BCUT2D eigenvalue weighted by molar-refractivity contribution is 0.0950. The first-order chi connectivity index (χ1) is 12.2. The fourth-order valence-corrected chi connectivity index (χ4v) is 2.41. The number of carbonyl (C=O) groups excluding carboxylic acids is 1. The van der Waals surface area contributed by atoms with E-state index in [0.717, 1.165) is 22.7 Å². The zero-order valence-corrected chi connectivity index (χ0v) is 14.0. The van der Waals surface area contributed by atoms with Gasteiger partial charge in [0.25, 0.3) is 5.91 Å². The molecule has 1 amide bonds. The van der Waals surface area contributed by atoms with Gasteiger partial charge in [-0.2, -0.15) is 5.10 Å². The molecule has 0 aliphatic rings. The molecule has 6 heteroatoms. The van der Waals surface area contributed by atoms with Gasteiger partial charge in [-0.25, -0.2) is 5.43 Å². The van der Waals surface area contributed by atoms with Crippen LogP contribution < -0.4 is 10.2 Å². The van der Waals surface area contributed by atoms with E-state index in [0.29, 0.717) is 5.69 Å². The van der Waals surface area contributed by atoms with E-state index in [2.05, 4.69) is 15.5 Å². The van der Waals surface area contributed by atoms with Gasteiger partial charge in [0.15, 0.2) is 0 Å². The maximum absolute atomic E-state index is 11.9. The molecule has 0 unspecified atom stereocenters. The molecule has 0 fully saturated rings. The lowest BCUT2D eigenvalue weighted by atomic mass is 10.3. The zero-order valence-electron chi connectivity index (χ0n) is 14.0. The SMILES string of the molecule is COc1ccc(-n2cc(/C=N\NC(=O)c3ccccn3)cc2C)cc1. The number of aryl methyl sites for hydroxylation is 1. The van der Waals surface area contributed by atoms with Crippen molar-refractivity contribution in [2.45, 2.75) is 6.92 Å². The van der Waals surface area contributed by atoms with E-state index in [1.807, 2.05) is 48.0 Å². The Morgan fingerprint density at radius 2 is 2.04 bits per heavy atom. The molecule has 126 valence electrons. The summed E-state index contributed by atoms with van der Waals surface area (Å²) in [7, 11) is 1.64. The number of carbonyl (C=O) groups is 1. The van der Waals surface area contributed by atoms with Crippen molar-refractivity contribution in [1.29, 1.82) is 0 Å². The standard InChI is InChI=1S/C19H18N4O2/c1-14-11-15(12-21-22-19(24)18-5-3-4-10-20-18)13-23(14)16-6-8-17(25-2)9-7-16/h3-13H,1-2H3,(H,22,24)/b21-12-. The fraction of sp³-hybridized carbons (Fsp3) is 0.105. The molecule has 1 N–H and O–H groups in total. The van der Waals surface area contributed by atoms with Crippen molar-refractivity contribution in [3.63, 3.8) is 0 Å². The normalized spacial score (nSPS) is 10.8. The van der Waals surface area contributed by atoms with Crippen molar-refractivity contribution in [3.8, 4) is 11.4 Å². The average Bonchev–Trinajstić information content (AvgIpc) is 3.03. The monoisotopic (exact) mass is 334 g/mol. The van der Waals surface area contributed by atoms with Gasteiger partial charge in [0.1, 0.15) is 11.4 Å². The second-order valence-electron chi connectivity index (χ2n) is 5.40. The average molecular weight is 334 g/mol. The number of benzene rings is 1. The predicted octanol–water partition coefficient (Wildman–Crippen LogP) is 2.95. The Kier molecular flexibility index (Phi) is 4.89. The van der Waals surface area contributed by atoms with Crippen LogP contribution in [0.15, 0.2) is 66.0 Å². The molecule has 6 nitrogen and oxygen atoms in total. The number of pyridine rings is 1. The summed E-state index contributed by atoms with van der Waals surface area (Å²) in [5, 5.41) is 4.00. The summed E-state index contributed by atoms with van der Waals surface area (Å²) in [5.41, 5.74) is 5.76. The Morgan fingerprint density at radius 1 is 1.24 bits per heavy atom. The molecule has 0 saturated heterocycles. The quantitative estimate of drug-likeness (QED) is 0.576. The van der Waals surface area contributed by atoms with Crippen molar-refractivity contribution in [3.05, 3.63) is 77.9 Å². The third kappa shape index (κ3) is 3.92. The smallest absolute Gasteiger partial charge is 0.289 e. The van der Waals surface area contributed by atoms with E-state index >= 15 is 0 Å². The number of hydrogen-bond acceptors (Lipinski definition) is 4. The maximum atomic E-state index is 11.9. The molecule has 0 aliphatic heterocycles. The van der Waals surface area contributed by atoms with Crippen LogP contribution in [-0.2, 0) is 0 Å². The van der Waals surface area contributed by atoms with Gasteiger partial charge in [-0.1, -0.05) is 6.07 Å². The van der Waals surface area contributed by atoms with Crippen molar-refractivity contribution < 1.29 is 9.53 Å². The molecule has 3 rings (SSSR count). The Morgan fingerprint density at radius 3 is 2.72 bits per heavy atom. The first kappa shape index (κ1) is 16.4. The molecular weight excluding hydrogens is 316 g/mol. The zero-order chi connectivity index (χ0) is 17.6. The van der Waals surface area contributed by atoms with Crippen LogP contribution in [0.3, 0.4) is 0 Å². The highest BCUT2D eigenvalue weighted by Gasteiger charge is 2.05. The van der Waals surface area contributed by atoms with Gasteiger partial charge in [-0.3, -0.25) is 9.78 Å². The molecule has 0 atom stereocenters. The molecule has 0 saturated carbocycles. The van der Waals surface area contributed by atoms with Crippen molar-refractivity contribution in [2.24, 2.45) is 5.10 Å². The molecular formula is C19H18N4O2. The van der Waals surface area contributed by atoms with Gasteiger partial charge in [-0.15, -0.1) is 0 Å². The lowest BCUT2D eigenvalue weighted by Crippen LogP contribution is -2.18. The minimum absolute atomic E-state index is 0.326. The molecule has 3 aromatic rings. The highest BCUT2D eigenvalue weighted by atomic mass is 16.5. The molecule has 2 heterocycles. The highest BCUT2D eigenvalue weighted by Crippen LogP contribution is 2.18. The van der Waals surface area contributed by atoms with Crippen LogP contribution in [0.1, 0.15) is 21.7 Å². The summed E-state index contributed by atoms with van der Waals surface area (Å²) in [6, 6.07) is 14.9. The number of aromatic nitrogens is 2. The Bertz CT molecular complexity index is 884. The van der Waals surface area contributed by atoms with Crippen molar-refractivity contribution >= 4 is 12.1 Å². The second kappa shape index (κ2) is 7.44. The molecule has 0 radical (unpaired) electrons. The molecule has 1 aromatic carbocycles. The first-order valence-electron chi connectivity index (χ1n) is 7.75. The summed E-state index contributed by atoms with van der Waals surface area (Å²) in [4.78, 5) is 15.9.